The van der Waals surface area contributed by atoms with Gasteiger partial charge in [-0.05, 0) is 17.4 Å². The molecule has 0 spiro atoms. The molecule has 118 valence electrons. The van der Waals surface area contributed by atoms with Gasteiger partial charge in [-0.25, -0.2) is 0 Å². The fraction of sp³-hybridized carbons (Fsp3) is 0.471. The lowest BCUT2D eigenvalue weighted by molar-refractivity contribution is -0.116. The van der Waals surface area contributed by atoms with Crippen LogP contribution in [0.25, 0.3) is 10.6 Å². The van der Waals surface area contributed by atoms with Gasteiger partial charge in [0.25, 0.3) is 0 Å². The molecule has 2 rings (SSSR count). The predicted molar refractivity (Wildman–Crippen MR) is 92.2 cm³/mol. The van der Waals surface area contributed by atoms with Crippen molar-refractivity contribution in [2.75, 3.05) is 5.32 Å². The van der Waals surface area contributed by atoms with Crippen LogP contribution >= 0.6 is 11.3 Å². The number of nitrogens with one attached hydrogen (secondary N) is 1. The van der Waals surface area contributed by atoms with Crippen LogP contribution in [-0.4, -0.2) is 16.1 Å². The van der Waals surface area contributed by atoms with Crippen molar-refractivity contribution in [1.82, 2.24) is 10.2 Å². The Kier molecular flexibility index (Phi) is 5.29. The number of carbonyl (C=O) groups is 1. The fourth-order valence-corrected chi connectivity index (χ4v) is 2.79. The smallest absolute Gasteiger partial charge is 0.226 e. The van der Waals surface area contributed by atoms with Gasteiger partial charge < -0.3 is 5.32 Å². The highest BCUT2D eigenvalue weighted by Gasteiger charge is 2.14. The molecule has 0 bridgehead atoms. The van der Waals surface area contributed by atoms with Gasteiger partial charge in [0.1, 0.15) is 5.01 Å². The lowest BCUT2D eigenvalue weighted by atomic mass is 9.87. The van der Waals surface area contributed by atoms with E-state index in [1.165, 1.54) is 16.9 Å². The minimum absolute atomic E-state index is 0.00707. The van der Waals surface area contributed by atoms with Crippen LogP contribution in [0.3, 0.4) is 0 Å². The van der Waals surface area contributed by atoms with E-state index in [-0.39, 0.29) is 11.3 Å². The monoisotopic (exact) mass is 317 g/mol. The minimum Gasteiger partial charge on any atom is -0.301 e. The first-order valence-electron chi connectivity index (χ1n) is 7.64. The van der Waals surface area contributed by atoms with Gasteiger partial charge in [0.2, 0.25) is 11.0 Å². The molecule has 4 nitrogen and oxygen atoms in total. The van der Waals surface area contributed by atoms with Crippen molar-refractivity contribution in [2.45, 2.75) is 52.4 Å². The van der Waals surface area contributed by atoms with E-state index >= 15 is 0 Å². The number of amides is 1. The highest BCUT2D eigenvalue weighted by Crippen LogP contribution is 2.29. The maximum atomic E-state index is 11.7. The fourth-order valence-electron chi connectivity index (χ4n) is 2.02. The summed E-state index contributed by atoms with van der Waals surface area (Å²) in [6.07, 6.45) is 2.44. The molecule has 0 aliphatic carbocycles. The summed E-state index contributed by atoms with van der Waals surface area (Å²) >= 11 is 1.41. The molecule has 0 radical (unpaired) electrons. The highest BCUT2D eigenvalue weighted by atomic mass is 32.1. The summed E-state index contributed by atoms with van der Waals surface area (Å²) in [6, 6.07) is 8.36. The van der Waals surface area contributed by atoms with Crippen LogP contribution in [-0.2, 0) is 10.2 Å². The van der Waals surface area contributed by atoms with Crippen molar-refractivity contribution in [3.8, 4) is 10.6 Å². The first-order valence-corrected chi connectivity index (χ1v) is 8.46. The van der Waals surface area contributed by atoms with Crippen LogP contribution in [0.1, 0.15) is 52.5 Å². The molecule has 0 atom stereocenters. The molecular weight excluding hydrogens is 294 g/mol. The minimum atomic E-state index is 0.00707. The maximum absolute atomic E-state index is 11.7. The SMILES string of the molecule is CCCCC(=O)Nc1nnc(-c2ccc(C(C)(C)C)cc2)s1. The average Bonchev–Trinajstić information content (AvgIpc) is 2.93. The van der Waals surface area contributed by atoms with E-state index in [1.54, 1.807) is 0 Å². The van der Waals surface area contributed by atoms with E-state index in [1.807, 2.05) is 0 Å². The molecule has 22 heavy (non-hydrogen) atoms. The number of carbonyl (C=O) groups excluding carboxylic acids is 1. The first-order chi connectivity index (χ1) is 10.4. The molecule has 0 aliphatic heterocycles. The second kappa shape index (κ2) is 7.01. The summed E-state index contributed by atoms with van der Waals surface area (Å²) < 4.78 is 0. The summed E-state index contributed by atoms with van der Waals surface area (Å²) in [6.45, 7) is 8.64. The van der Waals surface area contributed by atoms with Crippen LogP contribution in [0.4, 0.5) is 5.13 Å². The zero-order valence-corrected chi connectivity index (χ0v) is 14.5. The zero-order valence-electron chi connectivity index (χ0n) is 13.6. The third-order valence-electron chi connectivity index (χ3n) is 3.43. The Morgan fingerprint density at radius 1 is 1.18 bits per heavy atom. The molecule has 1 aromatic heterocycles. The van der Waals surface area contributed by atoms with Crippen LogP contribution in [0.5, 0.6) is 0 Å². The Morgan fingerprint density at radius 2 is 1.86 bits per heavy atom. The standard InChI is InChI=1S/C17H23N3OS/c1-5-6-7-14(21)18-16-20-19-15(22-16)12-8-10-13(11-9-12)17(2,3)4/h8-11H,5-7H2,1-4H3,(H,18,20,21). The van der Waals surface area contributed by atoms with E-state index in [2.05, 4.69) is 67.5 Å². The molecule has 1 N–H and O–H groups in total. The van der Waals surface area contributed by atoms with Gasteiger partial charge in [0.15, 0.2) is 0 Å². The Morgan fingerprint density at radius 3 is 2.45 bits per heavy atom. The summed E-state index contributed by atoms with van der Waals surface area (Å²) in [7, 11) is 0. The van der Waals surface area contributed by atoms with Gasteiger partial charge in [0.05, 0.1) is 0 Å². The second-order valence-corrected chi connectivity index (χ2v) is 7.37. The summed E-state index contributed by atoms with van der Waals surface area (Å²) in [4.78, 5) is 11.7. The topological polar surface area (TPSA) is 54.9 Å². The molecule has 2 aromatic rings. The second-order valence-electron chi connectivity index (χ2n) is 6.39. The maximum Gasteiger partial charge on any atom is 0.226 e. The predicted octanol–water partition coefficient (Wildman–Crippen LogP) is 4.63. The molecule has 0 fully saturated rings. The molecular formula is C17H23N3OS. The number of benzene rings is 1. The van der Waals surface area contributed by atoms with Crippen molar-refractivity contribution < 1.29 is 4.79 Å². The van der Waals surface area contributed by atoms with E-state index in [4.69, 9.17) is 0 Å². The van der Waals surface area contributed by atoms with Crippen molar-refractivity contribution in [3.05, 3.63) is 29.8 Å². The number of rotatable bonds is 5. The normalized spacial score (nSPS) is 11.5. The van der Waals surface area contributed by atoms with E-state index in [0.717, 1.165) is 23.4 Å². The van der Waals surface area contributed by atoms with E-state index < -0.39 is 0 Å². The average molecular weight is 317 g/mol. The van der Waals surface area contributed by atoms with Gasteiger partial charge in [-0.2, -0.15) is 0 Å². The van der Waals surface area contributed by atoms with Crippen molar-refractivity contribution >= 4 is 22.4 Å². The van der Waals surface area contributed by atoms with Crippen molar-refractivity contribution in [3.63, 3.8) is 0 Å². The van der Waals surface area contributed by atoms with E-state index in [0.29, 0.717) is 11.6 Å². The molecule has 5 heteroatoms. The third kappa shape index (κ3) is 4.37. The van der Waals surface area contributed by atoms with Crippen LogP contribution in [0, 0.1) is 0 Å². The molecule has 0 saturated carbocycles. The van der Waals surface area contributed by atoms with Crippen LogP contribution < -0.4 is 5.32 Å². The van der Waals surface area contributed by atoms with Crippen LogP contribution in [0.2, 0.25) is 0 Å². The summed E-state index contributed by atoms with van der Waals surface area (Å²) in [5, 5.41) is 12.4. The van der Waals surface area contributed by atoms with Crippen molar-refractivity contribution in [2.24, 2.45) is 0 Å². The number of nitrogens with zero attached hydrogens (tertiary/aromatic N) is 2. The Balaban J connectivity index is 2.06. The number of anilines is 1. The highest BCUT2D eigenvalue weighted by molar-refractivity contribution is 7.18. The number of hydrogen-bond acceptors (Lipinski definition) is 4. The lowest BCUT2D eigenvalue weighted by Gasteiger charge is -2.18. The Bertz CT molecular complexity index is 626. The molecule has 0 aliphatic rings. The lowest BCUT2D eigenvalue weighted by Crippen LogP contribution is -2.10. The first kappa shape index (κ1) is 16.6. The molecule has 0 saturated heterocycles. The number of aromatic nitrogens is 2. The number of unbranched alkanes of at least 4 members (excludes halogenated alkanes) is 1. The van der Waals surface area contributed by atoms with Gasteiger partial charge >= 0.3 is 0 Å². The molecule has 0 unspecified atom stereocenters. The van der Waals surface area contributed by atoms with Gasteiger partial charge in [-0.15, -0.1) is 10.2 Å². The Hall–Kier alpha value is -1.75. The van der Waals surface area contributed by atoms with Crippen LogP contribution in [0.15, 0.2) is 24.3 Å². The van der Waals surface area contributed by atoms with E-state index in [9.17, 15) is 4.79 Å². The summed E-state index contributed by atoms with van der Waals surface area (Å²) in [5.74, 6) is 0.00707. The van der Waals surface area contributed by atoms with Gasteiger partial charge in [0, 0.05) is 12.0 Å². The molecule has 1 heterocycles. The summed E-state index contributed by atoms with van der Waals surface area (Å²) in [5.41, 5.74) is 2.45. The Labute approximate surface area is 136 Å². The third-order valence-corrected chi connectivity index (χ3v) is 4.31. The molecule has 1 aromatic carbocycles. The number of hydrogen-bond donors (Lipinski definition) is 1. The van der Waals surface area contributed by atoms with Gasteiger partial charge in [-0.3, -0.25) is 4.79 Å². The van der Waals surface area contributed by atoms with Gasteiger partial charge in [-0.1, -0.05) is 69.7 Å². The van der Waals surface area contributed by atoms with Crippen molar-refractivity contribution in [1.29, 1.82) is 0 Å². The largest absolute Gasteiger partial charge is 0.301 e. The quantitative estimate of drug-likeness (QED) is 0.874. The zero-order chi connectivity index (χ0) is 16.2. The molecule has 1 amide bonds.